The standard InChI is InChI=1S/C71H139NO5/c1-3-5-7-9-11-13-15-17-19-21-23-24-25-28-31-35-39-43-47-51-55-59-63-69(74)68(67-73)72-70(75)64-60-56-52-48-44-40-36-32-29-26-30-34-38-42-46-50-54-58-62-66-77-71(76)65-61-57-53-49-45-41-37-33-27-22-20-18-16-14-12-10-8-6-4-2/h59,63,68-69,73-74H,3-58,60-62,64-67H2,1-2H3,(H,72,75)/b63-59+. The molecule has 2 unspecified atom stereocenters. The Balaban J connectivity index is 3.40. The minimum Gasteiger partial charge on any atom is -0.466 e. The van der Waals surface area contributed by atoms with Gasteiger partial charge in [0.25, 0.3) is 0 Å². The summed E-state index contributed by atoms with van der Waals surface area (Å²) in [4.78, 5) is 24.6. The number of unbranched alkanes of at least 4 members (excludes halogenated alkanes) is 56. The molecule has 0 saturated carbocycles. The molecule has 6 nitrogen and oxygen atoms in total. The lowest BCUT2D eigenvalue weighted by Crippen LogP contribution is -2.45. The monoisotopic (exact) mass is 1090 g/mol. The van der Waals surface area contributed by atoms with Crippen molar-refractivity contribution < 1.29 is 24.5 Å². The van der Waals surface area contributed by atoms with Crippen molar-refractivity contribution in [2.45, 2.75) is 418 Å². The topological polar surface area (TPSA) is 95.9 Å². The molecule has 0 radical (unpaired) electrons. The molecule has 1 amide bonds. The molecule has 0 saturated heterocycles. The maximum absolute atomic E-state index is 12.5. The van der Waals surface area contributed by atoms with Gasteiger partial charge in [-0.25, -0.2) is 0 Å². The number of aliphatic hydroxyl groups is 2. The molecular weight excluding hydrogens is 947 g/mol. The number of amides is 1. The van der Waals surface area contributed by atoms with Crippen molar-refractivity contribution in [3.8, 4) is 0 Å². The highest BCUT2D eigenvalue weighted by Crippen LogP contribution is 2.19. The van der Waals surface area contributed by atoms with Crippen molar-refractivity contribution in [3.63, 3.8) is 0 Å². The first kappa shape index (κ1) is 75.6. The minimum absolute atomic E-state index is 0.0144. The van der Waals surface area contributed by atoms with Gasteiger partial charge < -0.3 is 20.3 Å². The minimum atomic E-state index is -0.847. The summed E-state index contributed by atoms with van der Waals surface area (Å²) < 4.78 is 5.51. The number of ether oxygens (including phenoxy) is 1. The van der Waals surface area contributed by atoms with Gasteiger partial charge in [-0.2, -0.15) is 0 Å². The Bertz CT molecular complexity index is 1160. The Labute approximate surface area is 482 Å². The first-order valence-corrected chi connectivity index (χ1v) is 35.5. The maximum Gasteiger partial charge on any atom is 0.305 e. The van der Waals surface area contributed by atoms with Crippen molar-refractivity contribution in [1.82, 2.24) is 5.32 Å². The van der Waals surface area contributed by atoms with Crippen molar-refractivity contribution in [1.29, 1.82) is 0 Å². The fourth-order valence-corrected chi connectivity index (χ4v) is 11.4. The summed E-state index contributed by atoms with van der Waals surface area (Å²) >= 11 is 0. The second-order valence-corrected chi connectivity index (χ2v) is 24.6. The normalized spacial score (nSPS) is 12.5. The van der Waals surface area contributed by atoms with Gasteiger partial charge in [-0.3, -0.25) is 9.59 Å². The van der Waals surface area contributed by atoms with Gasteiger partial charge in [0.2, 0.25) is 5.91 Å². The molecule has 0 aromatic carbocycles. The number of allylic oxidation sites excluding steroid dienone is 1. The summed E-state index contributed by atoms with van der Waals surface area (Å²) in [6, 6.07) is -0.631. The molecule has 0 rings (SSSR count). The fourth-order valence-electron chi connectivity index (χ4n) is 11.4. The Kier molecular flexibility index (Phi) is 65.9. The zero-order valence-electron chi connectivity index (χ0n) is 52.5. The van der Waals surface area contributed by atoms with E-state index in [-0.39, 0.29) is 18.5 Å². The largest absolute Gasteiger partial charge is 0.466 e. The van der Waals surface area contributed by atoms with Crippen molar-refractivity contribution >= 4 is 11.9 Å². The first-order valence-electron chi connectivity index (χ1n) is 35.5. The lowest BCUT2D eigenvalue weighted by molar-refractivity contribution is -0.143. The molecule has 77 heavy (non-hydrogen) atoms. The van der Waals surface area contributed by atoms with Crippen LogP contribution in [0.15, 0.2) is 12.2 Å². The molecule has 0 aromatic heterocycles. The average Bonchev–Trinajstić information content (AvgIpc) is 3.43. The van der Waals surface area contributed by atoms with Crippen LogP contribution in [0.2, 0.25) is 0 Å². The van der Waals surface area contributed by atoms with E-state index in [0.717, 1.165) is 38.5 Å². The number of carbonyl (C=O) groups is 2. The average molecular weight is 1090 g/mol. The highest BCUT2D eigenvalue weighted by atomic mass is 16.5. The van der Waals surface area contributed by atoms with Crippen LogP contribution in [0, 0.1) is 0 Å². The van der Waals surface area contributed by atoms with Gasteiger partial charge in [-0.1, -0.05) is 373 Å². The molecule has 0 heterocycles. The smallest absolute Gasteiger partial charge is 0.305 e. The van der Waals surface area contributed by atoms with Gasteiger partial charge >= 0.3 is 5.97 Å². The molecule has 3 N–H and O–H groups in total. The van der Waals surface area contributed by atoms with Crippen LogP contribution in [-0.4, -0.2) is 47.4 Å². The zero-order chi connectivity index (χ0) is 55.7. The van der Waals surface area contributed by atoms with Gasteiger partial charge in [0.15, 0.2) is 0 Å². The van der Waals surface area contributed by atoms with Crippen molar-refractivity contribution in [2.24, 2.45) is 0 Å². The van der Waals surface area contributed by atoms with E-state index in [2.05, 4.69) is 19.2 Å². The second kappa shape index (κ2) is 67.1. The van der Waals surface area contributed by atoms with Gasteiger partial charge in [-0.15, -0.1) is 0 Å². The Hall–Kier alpha value is -1.40. The molecule has 0 bridgehead atoms. The fraction of sp³-hybridized carbons (Fsp3) is 0.944. The van der Waals surface area contributed by atoms with Crippen LogP contribution < -0.4 is 5.32 Å². The van der Waals surface area contributed by atoms with E-state index in [1.165, 1.54) is 340 Å². The van der Waals surface area contributed by atoms with Crippen LogP contribution >= 0.6 is 0 Å². The van der Waals surface area contributed by atoms with E-state index in [9.17, 15) is 19.8 Å². The lowest BCUT2D eigenvalue weighted by Gasteiger charge is -2.20. The second-order valence-electron chi connectivity index (χ2n) is 24.6. The van der Waals surface area contributed by atoms with Crippen LogP contribution in [0.1, 0.15) is 406 Å². The van der Waals surface area contributed by atoms with Crippen molar-refractivity contribution in [2.75, 3.05) is 13.2 Å². The highest BCUT2D eigenvalue weighted by Gasteiger charge is 2.18. The number of hydrogen-bond donors (Lipinski definition) is 3. The van der Waals surface area contributed by atoms with E-state index in [4.69, 9.17) is 4.74 Å². The summed E-state index contributed by atoms with van der Waals surface area (Å²) in [7, 11) is 0. The molecule has 0 aromatic rings. The van der Waals surface area contributed by atoms with Crippen molar-refractivity contribution in [3.05, 3.63) is 12.2 Å². The van der Waals surface area contributed by atoms with Crippen LogP contribution in [0.4, 0.5) is 0 Å². The van der Waals surface area contributed by atoms with E-state index >= 15 is 0 Å². The van der Waals surface area contributed by atoms with Gasteiger partial charge in [-0.05, 0) is 32.1 Å². The predicted octanol–water partition coefficient (Wildman–Crippen LogP) is 22.8. The summed E-state index contributed by atoms with van der Waals surface area (Å²) in [5.74, 6) is -0.0515. The lowest BCUT2D eigenvalue weighted by atomic mass is 10.0. The Morgan fingerprint density at radius 2 is 0.597 bits per heavy atom. The van der Waals surface area contributed by atoms with Gasteiger partial charge in [0.05, 0.1) is 25.4 Å². The summed E-state index contributed by atoms with van der Waals surface area (Å²) in [6.45, 7) is 4.95. The Morgan fingerprint density at radius 1 is 0.351 bits per heavy atom. The van der Waals surface area contributed by atoms with Crippen LogP contribution in [0.3, 0.4) is 0 Å². The van der Waals surface area contributed by atoms with Gasteiger partial charge in [0.1, 0.15) is 0 Å². The molecule has 0 spiro atoms. The maximum atomic E-state index is 12.5. The molecular formula is C71H139NO5. The number of aliphatic hydroxyl groups excluding tert-OH is 2. The molecule has 0 aliphatic heterocycles. The Morgan fingerprint density at radius 3 is 0.883 bits per heavy atom. The number of nitrogens with one attached hydrogen (secondary N) is 1. The van der Waals surface area contributed by atoms with E-state index < -0.39 is 12.1 Å². The molecule has 0 aliphatic rings. The van der Waals surface area contributed by atoms with Crippen LogP contribution in [0.25, 0.3) is 0 Å². The number of carbonyl (C=O) groups excluding carboxylic acids is 2. The number of esters is 1. The third kappa shape index (κ3) is 63.6. The molecule has 2 atom stereocenters. The third-order valence-electron chi connectivity index (χ3n) is 16.8. The van der Waals surface area contributed by atoms with E-state index in [0.29, 0.717) is 19.4 Å². The summed E-state index contributed by atoms with van der Waals surface area (Å²) in [6.07, 6.45) is 82.8. The zero-order valence-corrected chi connectivity index (χ0v) is 52.5. The molecule has 6 heteroatoms. The SMILES string of the molecule is CCCCCCCCCCCCCCCCCCCCCC/C=C/C(O)C(CO)NC(=O)CCCCCCCCCCCCCCCCCCCCCOC(=O)CCCCCCCCCCCCCCCCCCCCC. The molecule has 0 fully saturated rings. The van der Waals surface area contributed by atoms with Crippen LogP contribution in [-0.2, 0) is 14.3 Å². The molecule has 0 aliphatic carbocycles. The third-order valence-corrected chi connectivity index (χ3v) is 16.8. The van der Waals surface area contributed by atoms with E-state index in [1.54, 1.807) is 6.08 Å². The first-order chi connectivity index (χ1) is 38.0. The van der Waals surface area contributed by atoms with E-state index in [1.807, 2.05) is 6.08 Å². The van der Waals surface area contributed by atoms with Crippen LogP contribution in [0.5, 0.6) is 0 Å². The van der Waals surface area contributed by atoms with Gasteiger partial charge in [0, 0.05) is 12.8 Å². The molecule has 458 valence electrons. The summed E-state index contributed by atoms with van der Waals surface area (Å²) in [5.41, 5.74) is 0. The highest BCUT2D eigenvalue weighted by molar-refractivity contribution is 5.76. The quantitative estimate of drug-likeness (QED) is 0.0320. The predicted molar refractivity (Wildman–Crippen MR) is 338 cm³/mol. The number of hydrogen-bond acceptors (Lipinski definition) is 5. The number of rotatable bonds is 67. The summed E-state index contributed by atoms with van der Waals surface area (Å²) in [5, 5.41) is 23.3.